The van der Waals surface area contributed by atoms with E-state index in [0.29, 0.717) is 0 Å². The molecule has 2 rings (SSSR count). The van der Waals surface area contributed by atoms with Gasteiger partial charge in [-0.25, -0.2) is 4.98 Å². The number of nitrogens with two attached hydrogens (primary N) is 1. The minimum Gasteiger partial charge on any atom is -0.341 e. The van der Waals surface area contributed by atoms with Crippen LogP contribution in [0, 0.1) is 0 Å². The minimum absolute atomic E-state index is 0.00228. The second kappa shape index (κ2) is 4.28. The summed E-state index contributed by atoms with van der Waals surface area (Å²) in [5.41, 5.74) is 8.05. The van der Waals surface area contributed by atoms with Crippen molar-refractivity contribution in [3.8, 4) is 11.3 Å². The highest BCUT2D eigenvalue weighted by molar-refractivity contribution is 5.58. The fourth-order valence-electron chi connectivity index (χ4n) is 1.48. The summed E-state index contributed by atoms with van der Waals surface area (Å²) < 4.78 is 0. The van der Waals surface area contributed by atoms with Gasteiger partial charge in [0.25, 0.3) is 0 Å². The van der Waals surface area contributed by atoms with Gasteiger partial charge in [0, 0.05) is 0 Å². The predicted molar refractivity (Wildman–Crippen MR) is 61.2 cm³/mol. The Balaban J connectivity index is 2.28. The summed E-state index contributed by atoms with van der Waals surface area (Å²) in [6.07, 6.45) is 2.72. The lowest BCUT2D eigenvalue weighted by molar-refractivity contribution is 0.658. The summed E-state index contributed by atoms with van der Waals surface area (Å²) in [6, 6.07) is 10.1. The molecule has 1 atom stereocenters. The van der Waals surface area contributed by atoms with Crippen LogP contribution < -0.4 is 5.73 Å². The highest BCUT2D eigenvalue weighted by Crippen LogP contribution is 2.18. The summed E-state index contributed by atoms with van der Waals surface area (Å²) >= 11 is 0. The molecule has 0 bridgehead atoms. The van der Waals surface area contributed by atoms with Crippen LogP contribution in [0.1, 0.15) is 25.2 Å². The SMILES string of the molecule is CC[C@H](N)c1ncc(-c2ccccc2)[nH]1. The average Bonchev–Trinajstić information content (AvgIpc) is 2.78. The summed E-state index contributed by atoms with van der Waals surface area (Å²) in [4.78, 5) is 7.53. The fourth-order valence-corrected chi connectivity index (χ4v) is 1.48. The van der Waals surface area contributed by atoms with E-state index in [-0.39, 0.29) is 6.04 Å². The summed E-state index contributed by atoms with van der Waals surface area (Å²) in [5.74, 6) is 0.858. The van der Waals surface area contributed by atoms with Gasteiger partial charge in [-0.1, -0.05) is 37.3 Å². The van der Waals surface area contributed by atoms with Crippen molar-refractivity contribution in [3.05, 3.63) is 42.4 Å². The molecule has 0 aliphatic rings. The molecule has 2 aromatic rings. The first-order valence-electron chi connectivity index (χ1n) is 5.17. The molecule has 1 heterocycles. The molecule has 0 radical (unpaired) electrons. The molecule has 0 saturated heterocycles. The molecule has 1 aromatic heterocycles. The summed E-state index contributed by atoms with van der Waals surface area (Å²) in [6.45, 7) is 2.05. The van der Waals surface area contributed by atoms with Crippen molar-refractivity contribution in [2.24, 2.45) is 5.73 Å². The largest absolute Gasteiger partial charge is 0.341 e. The van der Waals surface area contributed by atoms with E-state index >= 15 is 0 Å². The zero-order chi connectivity index (χ0) is 10.7. The first-order valence-corrected chi connectivity index (χ1v) is 5.17. The maximum absolute atomic E-state index is 5.89. The van der Waals surface area contributed by atoms with E-state index in [0.717, 1.165) is 23.5 Å². The molecule has 0 saturated carbocycles. The van der Waals surface area contributed by atoms with Crippen LogP contribution in [0.3, 0.4) is 0 Å². The number of aromatic amines is 1. The highest BCUT2D eigenvalue weighted by atomic mass is 15.0. The Labute approximate surface area is 89.4 Å². The van der Waals surface area contributed by atoms with Crippen molar-refractivity contribution < 1.29 is 0 Å². The lowest BCUT2D eigenvalue weighted by Gasteiger charge is -2.03. The molecule has 0 amide bonds. The van der Waals surface area contributed by atoms with Crippen molar-refractivity contribution >= 4 is 0 Å². The van der Waals surface area contributed by atoms with Crippen LogP contribution >= 0.6 is 0 Å². The Morgan fingerprint density at radius 1 is 1.33 bits per heavy atom. The lowest BCUT2D eigenvalue weighted by atomic mass is 10.2. The maximum atomic E-state index is 5.89. The molecule has 0 aliphatic carbocycles. The number of H-pyrrole nitrogens is 1. The number of rotatable bonds is 3. The van der Waals surface area contributed by atoms with E-state index < -0.39 is 0 Å². The monoisotopic (exact) mass is 201 g/mol. The molecular formula is C12H15N3. The molecule has 78 valence electrons. The molecule has 3 nitrogen and oxygen atoms in total. The standard InChI is InChI=1S/C12H15N3/c1-2-10(13)12-14-8-11(15-12)9-6-4-3-5-7-9/h3-8,10H,2,13H2,1H3,(H,14,15)/t10-/m0/s1. The molecule has 0 fully saturated rings. The predicted octanol–water partition coefficient (Wildman–Crippen LogP) is 2.49. The number of aromatic nitrogens is 2. The minimum atomic E-state index is 0.00228. The summed E-state index contributed by atoms with van der Waals surface area (Å²) in [5, 5.41) is 0. The Morgan fingerprint density at radius 3 is 2.73 bits per heavy atom. The molecular weight excluding hydrogens is 186 g/mol. The van der Waals surface area contributed by atoms with Crippen LogP contribution in [-0.2, 0) is 0 Å². The van der Waals surface area contributed by atoms with E-state index in [2.05, 4.69) is 29.0 Å². The number of hydrogen-bond acceptors (Lipinski definition) is 2. The average molecular weight is 201 g/mol. The Bertz CT molecular complexity index is 419. The second-order valence-corrected chi connectivity index (χ2v) is 3.56. The zero-order valence-electron chi connectivity index (χ0n) is 8.77. The van der Waals surface area contributed by atoms with Gasteiger partial charge in [-0.2, -0.15) is 0 Å². The molecule has 15 heavy (non-hydrogen) atoms. The van der Waals surface area contributed by atoms with Gasteiger partial charge in [0.05, 0.1) is 17.9 Å². The van der Waals surface area contributed by atoms with Crippen molar-refractivity contribution in [1.29, 1.82) is 0 Å². The van der Waals surface area contributed by atoms with Gasteiger partial charge >= 0.3 is 0 Å². The van der Waals surface area contributed by atoms with Crippen LogP contribution in [0.4, 0.5) is 0 Å². The Hall–Kier alpha value is -1.61. The van der Waals surface area contributed by atoms with Crippen LogP contribution in [0.5, 0.6) is 0 Å². The first-order chi connectivity index (χ1) is 7.31. The first kappa shape index (κ1) is 9.93. The quantitative estimate of drug-likeness (QED) is 0.801. The third kappa shape index (κ3) is 2.07. The van der Waals surface area contributed by atoms with E-state index in [4.69, 9.17) is 5.73 Å². The van der Waals surface area contributed by atoms with Gasteiger partial charge < -0.3 is 10.7 Å². The maximum Gasteiger partial charge on any atom is 0.123 e. The number of nitrogens with one attached hydrogen (secondary N) is 1. The van der Waals surface area contributed by atoms with Crippen molar-refractivity contribution in [1.82, 2.24) is 9.97 Å². The molecule has 3 heteroatoms. The van der Waals surface area contributed by atoms with Crippen LogP contribution in [0.25, 0.3) is 11.3 Å². The van der Waals surface area contributed by atoms with E-state index in [1.54, 1.807) is 0 Å². The van der Waals surface area contributed by atoms with Gasteiger partial charge in [0.1, 0.15) is 5.82 Å². The third-order valence-corrected chi connectivity index (χ3v) is 2.47. The summed E-state index contributed by atoms with van der Waals surface area (Å²) in [7, 11) is 0. The molecule has 0 spiro atoms. The van der Waals surface area contributed by atoms with E-state index in [9.17, 15) is 0 Å². The van der Waals surface area contributed by atoms with Gasteiger partial charge in [0.15, 0.2) is 0 Å². The third-order valence-electron chi connectivity index (χ3n) is 2.47. The van der Waals surface area contributed by atoms with Gasteiger partial charge in [0.2, 0.25) is 0 Å². The number of imidazole rings is 1. The Kier molecular flexibility index (Phi) is 2.83. The van der Waals surface area contributed by atoms with E-state index in [1.165, 1.54) is 0 Å². The molecule has 3 N–H and O–H groups in total. The van der Waals surface area contributed by atoms with Gasteiger partial charge in [-0.05, 0) is 12.0 Å². The Morgan fingerprint density at radius 2 is 2.07 bits per heavy atom. The van der Waals surface area contributed by atoms with Crippen molar-refractivity contribution in [2.45, 2.75) is 19.4 Å². The molecule has 1 aromatic carbocycles. The van der Waals surface area contributed by atoms with Gasteiger partial charge in [-0.15, -0.1) is 0 Å². The molecule has 0 unspecified atom stereocenters. The van der Waals surface area contributed by atoms with Crippen LogP contribution in [0.2, 0.25) is 0 Å². The van der Waals surface area contributed by atoms with Crippen molar-refractivity contribution in [3.63, 3.8) is 0 Å². The van der Waals surface area contributed by atoms with Crippen molar-refractivity contribution in [2.75, 3.05) is 0 Å². The number of hydrogen-bond donors (Lipinski definition) is 2. The normalized spacial score (nSPS) is 12.7. The van der Waals surface area contributed by atoms with Gasteiger partial charge in [-0.3, -0.25) is 0 Å². The second-order valence-electron chi connectivity index (χ2n) is 3.56. The number of nitrogens with zero attached hydrogens (tertiary/aromatic N) is 1. The topological polar surface area (TPSA) is 54.7 Å². The zero-order valence-corrected chi connectivity index (χ0v) is 8.77. The highest BCUT2D eigenvalue weighted by Gasteiger charge is 2.08. The fraction of sp³-hybridized carbons (Fsp3) is 0.250. The van der Waals surface area contributed by atoms with Crippen LogP contribution in [-0.4, -0.2) is 9.97 Å². The number of benzene rings is 1. The molecule has 0 aliphatic heterocycles. The van der Waals surface area contributed by atoms with Crippen LogP contribution in [0.15, 0.2) is 36.5 Å². The lowest BCUT2D eigenvalue weighted by Crippen LogP contribution is -2.10. The van der Waals surface area contributed by atoms with E-state index in [1.807, 2.05) is 24.4 Å². The smallest absolute Gasteiger partial charge is 0.123 e.